The van der Waals surface area contributed by atoms with Gasteiger partial charge in [-0.05, 0) is 68.2 Å². The Labute approximate surface area is 186 Å². The van der Waals surface area contributed by atoms with Gasteiger partial charge in [0.2, 0.25) is 0 Å². The minimum Gasteiger partial charge on any atom is -0.332 e. The molecular weight excluding hydrogens is 407 g/mol. The molecule has 0 spiro atoms. The van der Waals surface area contributed by atoms with Crippen LogP contribution in [0.5, 0.6) is 0 Å². The number of fused-ring (bicyclic) bond motifs is 2. The average Bonchev–Trinajstić information content (AvgIpc) is 3.27. The molecule has 0 radical (unpaired) electrons. The Balaban J connectivity index is 1.45. The van der Waals surface area contributed by atoms with E-state index in [0.717, 1.165) is 52.9 Å². The standard InChI is InChI=1S/C26H27FN2OS/c1-16-3-9-22(25-28-11-12-31-25)23(13-16)26(30)29-21-14-19(15-21)17(2)24(29)10-6-18-4-7-20(27)8-5-18/h3-5,7-9,11-13,17,19,21,24H,6,10,14-15H2,1-2H3/t17-,19?,21?,24?/m1/s1. The van der Waals surface area contributed by atoms with Crippen LogP contribution >= 0.6 is 11.3 Å². The van der Waals surface area contributed by atoms with Crippen LogP contribution < -0.4 is 0 Å². The highest BCUT2D eigenvalue weighted by atomic mass is 32.1. The van der Waals surface area contributed by atoms with Crippen LogP contribution in [-0.4, -0.2) is 27.9 Å². The van der Waals surface area contributed by atoms with Gasteiger partial charge in [0, 0.05) is 29.2 Å². The summed E-state index contributed by atoms with van der Waals surface area (Å²) in [5.41, 5.74) is 3.90. The number of rotatable bonds is 5. The zero-order valence-corrected chi connectivity index (χ0v) is 18.7. The average molecular weight is 435 g/mol. The Morgan fingerprint density at radius 3 is 2.68 bits per heavy atom. The van der Waals surface area contributed by atoms with Crippen molar-refractivity contribution in [3.63, 3.8) is 0 Å². The highest BCUT2D eigenvalue weighted by molar-refractivity contribution is 7.13. The van der Waals surface area contributed by atoms with Gasteiger partial charge < -0.3 is 4.90 Å². The molecule has 3 heterocycles. The summed E-state index contributed by atoms with van der Waals surface area (Å²) in [4.78, 5) is 20.6. The number of aromatic nitrogens is 1. The Kier molecular flexibility index (Phi) is 5.39. The molecule has 1 amide bonds. The first-order valence-corrected chi connectivity index (χ1v) is 12.0. The Hall–Kier alpha value is -2.53. The summed E-state index contributed by atoms with van der Waals surface area (Å²) in [7, 11) is 0. The lowest BCUT2D eigenvalue weighted by Crippen LogP contribution is -2.63. The maximum absolute atomic E-state index is 14.0. The van der Waals surface area contributed by atoms with Crippen LogP contribution in [0, 0.1) is 24.6 Å². The van der Waals surface area contributed by atoms with Crippen LogP contribution in [0.15, 0.2) is 54.0 Å². The number of piperidine rings is 2. The molecule has 1 aliphatic carbocycles. The van der Waals surface area contributed by atoms with Crippen molar-refractivity contribution in [2.45, 2.75) is 51.6 Å². The van der Waals surface area contributed by atoms with Crippen LogP contribution in [0.3, 0.4) is 0 Å². The fraction of sp³-hybridized carbons (Fsp3) is 0.385. The van der Waals surface area contributed by atoms with Crippen molar-refractivity contribution in [2.75, 3.05) is 0 Å². The summed E-state index contributed by atoms with van der Waals surface area (Å²) >= 11 is 1.57. The molecule has 3 aromatic rings. The third kappa shape index (κ3) is 3.80. The van der Waals surface area contributed by atoms with Gasteiger partial charge >= 0.3 is 0 Å². The monoisotopic (exact) mass is 434 g/mol. The molecule has 2 aromatic carbocycles. The molecule has 3 nitrogen and oxygen atoms in total. The van der Waals surface area contributed by atoms with E-state index in [9.17, 15) is 9.18 Å². The number of carbonyl (C=O) groups excluding carboxylic acids is 1. The number of carbonyl (C=O) groups is 1. The van der Waals surface area contributed by atoms with Crippen LogP contribution in [-0.2, 0) is 6.42 Å². The van der Waals surface area contributed by atoms with Crippen molar-refractivity contribution >= 4 is 17.2 Å². The second-order valence-electron chi connectivity index (χ2n) is 9.08. The molecule has 2 atom stereocenters. The lowest BCUT2D eigenvalue weighted by atomic mass is 9.63. The lowest BCUT2D eigenvalue weighted by molar-refractivity contribution is -0.0569. The second-order valence-corrected chi connectivity index (χ2v) is 9.97. The minimum atomic E-state index is -0.206. The third-order valence-corrected chi connectivity index (χ3v) is 8.00. The first kappa shape index (κ1) is 20.4. The second kappa shape index (κ2) is 8.19. The predicted octanol–water partition coefficient (Wildman–Crippen LogP) is 6.13. The van der Waals surface area contributed by atoms with Gasteiger partial charge in [0.1, 0.15) is 10.8 Å². The summed E-state index contributed by atoms with van der Waals surface area (Å²) in [6, 6.07) is 13.4. The molecule has 31 heavy (non-hydrogen) atoms. The molecule has 1 saturated carbocycles. The smallest absolute Gasteiger partial charge is 0.255 e. The number of aryl methyl sites for hydroxylation is 2. The van der Waals surface area contributed by atoms with Gasteiger partial charge in [-0.25, -0.2) is 9.37 Å². The van der Waals surface area contributed by atoms with E-state index in [4.69, 9.17) is 0 Å². The summed E-state index contributed by atoms with van der Waals surface area (Å²) < 4.78 is 13.3. The van der Waals surface area contributed by atoms with Gasteiger partial charge in [0.05, 0.1) is 5.56 Å². The van der Waals surface area contributed by atoms with Crippen molar-refractivity contribution in [3.8, 4) is 10.6 Å². The molecule has 1 aromatic heterocycles. The van der Waals surface area contributed by atoms with Crippen molar-refractivity contribution in [1.82, 2.24) is 9.88 Å². The summed E-state index contributed by atoms with van der Waals surface area (Å²) in [5.74, 6) is 1.11. The maximum atomic E-state index is 14.0. The molecule has 3 aliphatic rings. The Bertz CT molecular complexity index is 1070. The molecule has 3 fully saturated rings. The minimum absolute atomic E-state index is 0.132. The predicted molar refractivity (Wildman–Crippen MR) is 123 cm³/mol. The molecule has 160 valence electrons. The van der Waals surface area contributed by atoms with Gasteiger partial charge in [0.25, 0.3) is 5.91 Å². The molecule has 2 aliphatic heterocycles. The van der Waals surface area contributed by atoms with Crippen molar-refractivity contribution in [2.24, 2.45) is 11.8 Å². The number of nitrogens with zero attached hydrogens (tertiary/aromatic N) is 2. The zero-order chi connectivity index (χ0) is 21.5. The van der Waals surface area contributed by atoms with Crippen LogP contribution in [0.2, 0.25) is 0 Å². The quantitative estimate of drug-likeness (QED) is 0.484. The maximum Gasteiger partial charge on any atom is 0.255 e. The van der Waals surface area contributed by atoms with Gasteiger partial charge in [-0.15, -0.1) is 11.3 Å². The lowest BCUT2D eigenvalue weighted by Gasteiger charge is -2.57. The molecule has 1 unspecified atom stereocenters. The highest BCUT2D eigenvalue weighted by Crippen LogP contribution is 2.48. The molecule has 6 rings (SSSR count). The normalized spacial score (nSPS) is 24.7. The van der Waals surface area contributed by atoms with E-state index in [1.54, 1.807) is 17.5 Å². The number of halogens is 1. The summed E-state index contributed by atoms with van der Waals surface area (Å²) in [5, 5.41) is 2.84. The molecule has 2 bridgehead atoms. The Morgan fingerprint density at radius 2 is 1.97 bits per heavy atom. The summed E-state index contributed by atoms with van der Waals surface area (Å²) in [6.45, 7) is 4.33. The number of hydrogen-bond donors (Lipinski definition) is 0. The van der Waals surface area contributed by atoms with E-state index < -0.39 is 0 Å². The van der Waals surface area contributed by atoms with Gasteiger partial charge in [0.15, 0.2) is 0 Å². The van der Waals surface area contributed by atoms with Gasteiger partial charge in [-0.1, -0.05) is 36.8 Å². The van der Waals surface area contributed by atoms with E-state index >= 15 is 0 Å². The number of benzene rings is 2. The molecule has 5 heteroatoms. The topological polar surface area (TPSA) is 33.2 Å². The van der Waals surface area contributed by atoms with Gasteiger partial charge in [-0.3, -0.25) is 4.79 Å². The van der Waals surface area contributed by atoms with Crippen LogP contribution in [0.1, 0.15) is 47.7 Å². The fourth-order valence-electron chi connectivity index (χ4n) is 5.33. The number of hydrogen-bond acceptors (Lipinski definition) is 3. The Morgan fingerprint density at radius 1 is 1.19 bits per heavy atom. The van der Waals surface area contributed by atoms with E-state index in [1.165, 1.54) is 12.1 Å². The van der Waals surface area contributed by atoms with E-state index in [2.05, 4.69) is 22.9 Å². The first-order valence-electron chi connectivity index (χ1n) is 11.1. The SMILES string of the molecule is Cc1ccc(-c2nccs2)c(C(=O)N2C3CC(C3)[C@@H](C)C2CCc2ccc(F)cc2)c1. The summed E-state index contributed by atoms with van der Waals surface area (Å²) in [6.07, 6.45) is 5.77. The largest absolute Gasteiger partial charge is 0.332 e. The van der Waals surface area contributed by atoms with Crippen LogP contribution in [0.25, 0.3) is 10.6 Å². The fourth-order valence-corrected chi connectivity index (χ4v) is 6.00. The van der Waals surface area contributed by atoms with E-state index in [1.807, 2.05) is 36.6 Å². The van der Waals surface area contributed by atoms with Gasteiger partial charge in [-0.2, -0.15) is 0 Å². The first-order chi connectivity index (χ1) is 15.0. The zero-order valence-electron chi connectivity index (χ0n) is 17.9. The van der Waals surface area contributed by atoms with E-state index in [0.29, 0.717) is 17.9 Å². The molecule has 0 N–H and O–H groups in total. The van der Waals surface area contributed by atoms with Crippen molar-refractivity contribution in [1.29, 1.82) is 0 Å². The van der Waals surface area contributed by atoms with Crippen molar-refractivity contribution in [3.05, 3.63) is 76.5 Å². The van der Waals surface area contributed by atoms with Crippen molar-refractivity contribution < 1.29 is 9.18 Å². The molecule has 2 saturated heterocycles. The van der Waals surface area contributed by atoms with Crippen LogP contribution in [0.4, 0.5) is 4.39 Å². The highest BCUT2D eigenvalue weighted by Gasteiger charge is 2.50. The van der Waals surface area contributed by atoms with E-state index in [-0.39, 0.29) is 17.8 Å². The number of amides is 1. The number of thiazole rings is 1. The molecular formula is C26H27FN2OS. The third-order valence-electron chi connectivity index (χ3n) is 7.20.